The Bertz CT molecular complexity index is 734. The van der Waals surface area contributed by atoms with Gasteiger partial charge in [-0.1, -0.05) is 18.2 Å². The molecule has 1 atom stereocenters. The number of nitrogens with zero attached hydrogens (tertiary/aromatic N) is 2. The Hall–Kier alpha value is -2.17. The van der Waals surface area contributed by atoms with Gasteiger partial charge in [-0.3, -0.25) is 9.48 Å². The summed E-state index contributed by atoms with van der Waals surface area (Å²) in [5, 5.41) is 7.44. The van der Waals surface area contributed by atoms with Crippen molar-refractivity contribution in [3.8, 4) is 0 Å². The van der Waals surface area contributed by atoms with E-state index in [9.17, 15) is 9.18 Å². The lowest BCUT2D eigenvalue weighted by molar-refractivity contribution is -0.124. The molecule has 1 aromatic carbocycles. The van der Waals surface area contributed by atoms with Crippen molar-refractivity contribution >= 4 is 5.91 Å². The van der Waals surface area contributed by atoms with Crippen molar-refractivity contribution in [2.24, 2.45) is 0 Å². The third-order valence-electron chi connectivity index (χ3n) is 4.50. The first-order valence-electron chi connectivity index (χ1n) is 7.99. The molecule has 1 N–H and O–H groups in total. The van der Waals surface area contributed by atoms with E-state index in [1.54, 1.807) is 18.2 Å². The Kier molecular flexibility index (Phi) is 3.96. The van der Waals surface area contributed by atoms with Crippen LogP contribution in [-0.4, -0.2) is 21.7 Å². The topological polar surface area (TPSA) is 46.9 Å². The highest BCUT2D eigenvalue weighted by Crippen LogP contribution is 2.49. The average molecular weight is 315 g/mol. The quantitative estimate of drug-likeness (QED) is 0.922. The Morgan fingerprint density at radius 3 is 2.65 bits per heavy atom. The molecule has 5 heteroatoms. The lowest BCUT2D eigenvalue weighted by Crippen LogP contribution is -2.42. The molecule has 0 radical (unpaired) electrons. The number of nitrogens with one attached hydrogen (secondary N) is 1. The molecule has 1 aliphatic carbocycles. The van der Waals surface area contributed by atoms with Crippen LogP contribution in [0.5, 0.6) is 0 Å². The zero-order valence-electron chi connectivity index (χ0n) is 13.8. The zero-order valence-corrected chi connectivity index (χ0v) is 13.8. The highest BCUT2D eigenvalue weighted by Gasteiger charge is 2.52. The fourth-order valence-electron chi connectivity index (χ4n) is 3.12. The number of hydrogen-bond acceptors (Lipinski definition) is 2. The first-order chi connectivity index (χ1) is 10.9. The molecular weight excluding hydrogens is 293 g/mol. The van der Waals surface area contributed by atoms with Crippen LogP contribution in [0, 0.1) is 19.7 Å². The summed E-state index contributed by atoms with van der Waals surface area (Å²) in [6, 6.07) is 8.51. The molecule has 1 amide bonds. The number of hydrogen-bond donors (Lipinski definition) is 1. The molecule has 0 spiro atoms. The molecule has 0 saturated heterocycles. The fourth-order valence-corrected chi connectivity index (χ4v) is 3.12. The molecule has 1 aromatic heterocycles. The van der Waals surface area contributed by atoms with Crippen LogP contribution in [0.1, 0.15) is 36.7 Å². The van der Waals surface area contributed by atoms with Crippen LogP contribution in [-0.2, 0) is 16.8 Å². The van der Waals surface area contributed by atoms with Crippen molar-refractivity contribution in [2.45, 2.75) is 51.6 Å². The van der Waals surface area contributed by atoms with E-state index in [0.29, 0.717) is 24.9 Å². The highest BCUT2D eigenvalue weighted by molar-refractivity contribution is 5.91. The number of carbonyl (C=O) groups excluding carboxylic acids is 1. The number of benzene rings is 1. The second-order valence-electron chi connectivity index (χ2n) is 6.55. The largest absolute Gasteiger partial charge is 0.351 e. The van der Waals surface area contributed by atoms with Crippen molar-refractivity contribution in [1.29, 1.82) is 0 Å². The first kappa shape index (κ1) is 15.7. The van der Waals surface area contributed by atoms with E-state index < -0.39 is 5.41 Å². The summed E-state index contributed by atoms with van der Waals surface area (Å²) in [5.74, 6) is -0.386. The summed E-state index contributed by atoms with van der Waals surface area (Å²) in [6.07, 6.45) is 1.40. The highest BCUT2D eigenvalue weighted by atomic mass is 19.1. The van der Waals surface area contributed by atoms with Gasteiger partial charge >= 0.3 is 0 Å². The van der Waals surface area contributed by atoms with Crippen LogP contribution >= 0.6 is 0 Å². The Morgan fingerprint density at radius 2 is 2.09 bits per heavy atom. The molecule has 1 saturated carbocycles. The van der Waals surface area contributed by atoms with E-state index >= 15 is 0 Å². The van der Waals surface area contributed by atoms with Gasteiger partial charge in [0.1, 0.15) is 5.82 Å². The van der Waals surface area contributed by atoms with Gasteiger partial charge in [0.2, 0.25) is 5.91 Å². The standard InChI is InChI=1S/C18H22FN3O/c1-12-10-14(3)22(21-12)11-13(2)20-17(23)18(8-9-18)15-6-4-5-7-16(15)19/h4-7,10,13H,8-9,11H2,1-3H3,(H,20,23)/t13-/m1/s1. The number of aryl methyl sites for hydroxylation is 2. The van der Waals surface area contributed by atoms with Gasteiger partial charge in [-0.25, -0.2) is 4.39 Å². The lowest BCUT2D eigenvalue weighted by Gasteiger charge is -2.21. The summed E-state index contributed by atoms with van der Waals surface area (Å²) in [6.45, 7) is 6.50. The van der Waals surface area contributed by atoms with Crippen LogP contribution in [0.2, 0.25) is 0 Å². The van der Waals surface area contributed by atoms with E-state index in [1.807, 2.05) is 31.5 Å². The lowest BCUT2D eigenvalue weighted by atomic mass is 9.94. The van der Waals surface area contributed by atoms with Gasteiger partial charge in [-0.05, 0) is 45.7 Å². The maximum Gasteiger partial charge on any atom is 0.231 e. The van der Waals surface area contributed by atoms with Gasteiger partial charge in [-0.15, -0.1) is 0 Å². The predicted octanol–water partition coefficient (Wildman–Crippen LogP) is 2.88. The summed E-state index contributed by atoms with van der Waals surface area (Å²) in [4.78, 5) is 12.7. The Balaban J connectivity index is 1.69. The molecule has 1 fully saturated rings. The minimum atomic E-state index is -0.686. The van der Waals surface area contributed by atoms with E-state index in [0.717, 1.165) is 11.4 Å². The summed E-state index contributed by atoms with van der Waals surface area (Å²) >= 11 is 0. The van der Waals surface area contributed by atoms with Crippen molar-refractivity contribution in [3.05, 3.63) is 53.1 Å². The predicted molar refractivity (Wildman–Crippen MR) is 86.6 cm³/mol. The number of aromatic nitrogens is 2. The molecular formula is C18H22FN3O. The van der Waals surface area contributed by atoms with Crippen molar-refractivity contribution in [3.63, 3.8) is 0 Å². The maximum absolute atomic E-state index is 14.0. The minimum absolute atomic E-state index is 0.0650. The number of halogens is 1. The molecule has 3 rings (SSSR count). The molecule has 2 aromatic rings. The van der Waals surface area contributed by atoms with E-state index in [-0.39, 0.29) is 17.8 Å². The van der Waals surface area contributed by atoms with Crippen molar-refractivity contribution in [2.75, 3.05) is 0 Å². The van der Waals surface area contributed by atoms with Gasteiger partial charge in [0, 0.05) is 17.3 Å². The summed E-state index contributed by atoms with van der Waals surface area (Å²) < 4.78 is 15.9. The molecule has 0 bridgehead atoms. The van der Waals surface area contributed by atoms with E-state index in [2.05, 4.69) is 10.4 Å². The average Bonchev–Trinajstić information content (AvgIpc) is 3.22. The monoisotopic (exact) mass is 315 g/mol. The molecule has 4 nitrogen and oxygen atoms in total. The van der Waals surface area contributed by atoms with Gasteiger partial charge < -0.3 is 5.32 Å². The third kappa shape index (κ3) is 3.00. The normalized spacial score (nSPS) is 16.9. The van der Waals surface area contributed by atoms with Crippen LogP contribution in [0.15, 0.2) is 30.3 Å². The van der Waals surface area contributed by atoms with E-state index in [4.69, 9.17) is 0 Å². The van der Waals surface area contributed by atoms with Gasteiger partial charge in [-0.2, -0.15) is 5.10 Å². The molecule has 1 aliphatic rings. The fraction of sp³-hybridized carbons (Fsp3) is 0.444. The maximum atomic E-state index is 14.0. The van der Waals surface area contributed by atoms with Crippen LogP contribution in [0.25, 0.3) is 0 Å². The van der Waals surface area contributed by atoms with Gasteiger partial charge in [0.25, 0.3) is 0 Å². The summed E-state index contributed by atoms with van der Waals surface area (Å²) in [5.41, 5.74) is 1.86. The Morgan fingerprint density at radius 1 is 1.39 bits per heavy atom. The molecule has 0 unspecified atom stereocenters. The smallest absolute Gasteiger partial charge is 0.231 e. The van der Waals surface area contributed by atoms with Crippen LogP contribution in [0.3, 0.4) is 0 Å². The summed E-state index contributed by atoms with van der Waals surface area (Å²) in [7, 11) is 0. The van der Waals surface area contributed by atoms with Crippen LogP contribution < -0.4 is 5.32 Å². The van der Waals surface area contributed by atoms with Gasteiger partial charge in [0.15, 0.2) is 0 Å². The number of carbonyl (C=O) groups is 1. The number of amides is 1. The van der Waals surface area contributed by atoms with Crippen molar-refractivity contribution in [1.82, 2.24) is 15.1 Å². The molecule has 122 valence electrons. The van der Waals surface area contributed by atoms with Crippen LogP contribution in [0.4, 0.5) is 4.39 Å². The third-order valence-corrected chi connectivity index (χ3v) is 4.50. The second kappa shape index (κ2) is 5.80. The zero-order chi connectivity index (χ0) is 16.6. The molecule has 23 heavy (non-hydrogen) atoms. The number of rotatable bonds is 5. The molecule has 0 aliphatic heterocycles. The first-order valence-corrected chi connectivity index (χ1v) is 7.99. The Labute approximate surface area is 135 Å². The van der Waals surface area contributed by atoms with Gasteiger partial charge in [0.05, 0.1) is 17.7 Å². The molecule has 1 heterocycles. The second-order valence-corrected chi connectivity index (χ2v) is 6.55. The van der Waals surface area contributed by atoms with Crippen molar-refractivity contribution < 1.29 is 9.18 Å². The minimum Gasteiger partial charge on any atom is -0.351 e. The van der Waals surface area contributed by atoms with E-state index in [1.165, 1.54) is 6.07 Å². The SMILES string of the molecule is Cc1cc(C)n(C[C@@H](C)NC(=O)C2(c3ccccc3F)CC2)n1.